The van der Waals surface area contributed by atoms with Gasteiger partial charge in [-0.1, -0.05) is 19.3 Å². The Morgan fingerprint density at radius 3 is 2.12 bits per heavy atom. The van der Waals surface area contributed by atoms with Gasteiger partial charge in [-0.25, -0.2) is 0 Å². The molecule has 1 aliphatic carbocycles. The predicted molar refractivity (Wildman–Crippen MR) is 107 cm³/mol. The Hall–Kier alpha value is -2.04. The topological polar surface area (TPSA) is 61.4 Å². The molecule has 5 nitrogen and oxygen atoms in total. The van der Waals surface area contributed by atoms with Crippen molar-refractivity contribution >= 4 is 23.2 Å². The van der Waals surface area contributed by atoms with E-state index in [4.69, 9.17) is 0 Å². The van der Waals surface area contributed by atoms with Crippen LogP contribution in [-0.2, 0) is 9.59 Å². The molecule has 0 radical (unpaired) electrons. The van der Waals surface area contributed by atoms with E-state index in [1.807, 2.05) is 24.3 Å². The van der Waals surface area contributed by atoms with Gasteiger partial charge in [-0.2, -0.15) is 0 Å². The Labute approximate surface area is 157 Å². The molecule has 5 heteroatoms. The second-order valence-corrected chi connectivity index (χ2v) is 7.61. The number of nitrogens with one attached hydrogen (secondary N) is 2. The van der Waals surface area contributed by atoms with Crippen LogP contribution < -0.4 is 15.5 Å². The van der Waals surface area contributed by atoms with E-state index in [9.17, 15) is 9.59 Å². The average Bonchev–Trinajstić information content (AvgIpc) is 2.64. The normalized spacial score (nSPS) is 15.4. The first-order valence-corrected chi connectivity index (χ1v) is 9.86. The summed E-state index contributed by atoms with van der Waals surface area (Å²) in [5.74, 6) is -0.469. The zero-order valence-electron chi connectivity index (χ0n) is 16.6. The van der Waals surface area contributed by atoms with Gasteiger partial charge >= 0.3 is 0 Å². The molecule has 2 amide bonds. The van der Waals surface area contributed by atoms with Crippen molar-refractivity contribution in [3.8, 4) is 0 Å². The molecule has 0 unspecified atom stereocenters. The fraction of sp³-hybridized carbons (Fsp3) is 0.619. The Morgan fingerprint density at radius 2 is 1.58 bits per heavy atom. The van der Waals surface area contributed by atoms with Gasteiger partial charge in [0.25, 0.3) is 0 Å². The summed E-state index contributed by atoms with van der Waals surface area (Å²) in [6.07, 6.45) is 5.55. The van der Waals surface area contributed by atoms with E-state index < -0.39 is 5.41 Å². The van der Waals surface area contributed by atoms with Gasteiger partial charge in [0.1, 0.15) is 5.41 Å². The van der Waals surface area contributed by atoms with Crippen LogP contribution in [0.2, 0.25) is 0 Å². The molecule has 1 fully saturated rings. The van der Waals surface area contributed by atoms with Gasteiger partial charge in [-0.05, 0) is 64.8 Å². The minimum absolute atomic E-state index is 0.193. The highest BCUT2D eigenvalue weighted by atomic mass is 16.2. The largest absolute Gasteiger partial charge is 0.372 e. The molecule has 2 rings (SSSR count). The number of nitrogens with zero attached hydrogens (tertiary/aromatic N) is 1. The second-order valence-electron chi connectivity index (χ2n) is 7.61. The first-order chi connectivity index (χ1) is 12.4. The van der Waals surface area contributed by atoms with Crippen LogP contribution in [0, 0.1) is 5.41 Å². The van der Waals surface area contributed by atoms with Gasteiger partial charge in [0.2, 0.25) is 11.8 Å². The molecule has 26 heavy (non-hydrogen) atoms. The van der Waals surface area contributed by atoms with Crippen molar-refractivity contribution < 1.29 is 9.59 Å². The van der Waals surface area contributed by atoms with Crippen molar-refractivity contribution in [2.45, 2.75) is 65.8 Å². The number of rotatable bonds is 7. The van der Waals surface area contributed by atoms with Gasteiger partial charge in [0, 0.05) is 30.5 Å². The number of carbonyl (C=O) groups excluding carboxylic acids is 2. The third-order valence-electron chi connectivity index (χ3n) is 5.33. The molecule has 0 bridgehead atoms. The summed E-state index contributed by atoms with van der Waals surface area (Å²) < 4.78 is 0. The van der Waals surface area contributed by atoms with E-state index in [0.29, 0.717) is 5.69 Å². The summed E-state index contributed by atoms with van der Waals surface area (Å²) in [7, 11) is 0. The molecule has 1 aromatic rings. The van der Waals surface area contributed by atoms with Crippen LogP contribution in [0.25, 0.3) is 0 Å². The highest BCUT2D eigenvalue weighted by Crippen LogP contribution is 2.24. The fourth-order valence-electron chi connectivity index (χ4n) is 3.35. The third kappa shape index (κ3) is 4.99. The van der Waals surface area contributed by atoms with Gasteiger partial charge < -0.3 is 15.5 Å². The first-order valence-electron chi connectivity index (χ1n) is 9.86. The summed E-state index contributed by atoms with van der Waals surface area (Å²) in [6, 6.07) is 7.98. The van der Waals surface area contributed by atoms with Crippen molar-refractivity contribution in [3.63, 3.8) is 0 Å². The lowest BCUT2D eigenvalue weighted by atomic mass is 9.88. The molecule has 0 heterocycles. The number of carbonyl (C=O) groups is 2. The first kappa shape index (κ1) is 20.3. The summed E-state index contributed by atoms with van der Waals surface area (Å²) >= 11 is 0. The lowest BCUT2D eigenvalue weighted by Gasteiger charge is -2.28. The second kappa shape index (κ2) is 9.06. The fourth-order valence-corrected chi connectivity index (χ4v) is 3.35. The number of benzene rings is 1. The molecule has 1 aliphatic rings. The van der Waals surface area contributed by atoms with Crippen molar-refractivity contribution in [2.24, 2.45) is 5.41 Å². The Morgan fingerprint density at radius 1 is 1.00 bits per heavy atom. The van der Waals surface area contributed by atoms with Crippen LogP contribution >= 0.6 is 0 Å². The molecule has 1 saturated carbocycles. The monoisotopic (exact) mass is 359 g/mol. The van der Waals surface area contributed by atoms with Crippen LogP contribution in [0.5, 0.6) is 0 Å². The summed E-state index contributed by atoms with van der Waals surface area (Å²) in [5.41, 5.74) is 0.737. The van der Waals surface area contributed by atoms with E-state index in [-0.39, 0.29) is 17.9 Å². The lowest BCUT2D eigenvalue weighted by molar-refractivity contribution is -0.139. The van der Waals surface area contributed by atoms with Crippen molar-refractivity contribution in [1.82, 2.24) is 5.32 Å². The summed E-state index contributed by atoms with van der Waals surface area (Å²) in [5, 5.41) is 5.94. The van der Waals surface area contributed by atoms with Crippen LogP contribution in [0.3, 0.4) is 0 Å². The summed E-state index contributed by atoms with van der Waals surface area (Å²) in [6.45, 7) is 9.49. The molecule has 2 N–H and O–H groups in total. The SMILES string of the molecule is CCN(CC)c1ccc(NC(=O)C(C)(C)C(=O)NC2CCCCC2)cc1. The van der Waals surface area contributed by atoms with Crippen LogP contribution in [0.4, 0.5) is 11.4 Å². The molecule has 1 aromatic carbocycles. The van der Waals surface area contributed by atoms with Gasteiger partial charge in [-0.3, -0.25) is 9.59 Å². The van der Waals surface area contributed by atoms with Gasteiger partial charge in [-0.15, -0.1) is 0 Å². The smallest absolute Gasteiger partial charge is 0.239 e. The maximum Gasteiger partial charge on any atom is 0.239 e. The van der Waals surface area contributed by atoms with Crippen LogP contribution in [0.15, 0.2) is 24.3 Å². The molecule has 0 aliphatic heterocycles. The number of amides is 2. The molecule has 0 atom stereocenters. The Balaban J connectivity index is 1.97. The minimum Gasteiger partial charge on any atom is -0.372 e. The number of hydrogen-bond acceptors (Lipinski definition) is 3. The zero-order valence-corrected chi connectivity index (χ0v) is 16.6. The van der Waals surface area contributed by atoms with Crippen molar-refractivity contribution in [2.75, 3.05) is 23.3 Å². The van der Waals surface area contributed by atoms with Gasteiger partial charge in [0.15, 0.2) is 0 Å². The van der Waals surface area contributed by atoms with Crippen molar-refractivity contribution in [3.05, 3.63) is 24.3 Å². The predicted octanol–water partition coefficient (Wildman–Crippen LogP) is 3.95. The number of hydrogen-bond donors (Lipinski definition) is 2. The Kier molecular flexibility index (Phi) is 7.06. The van der Waals surface area contributed by atoms with E-state index in [1.54, 1.807) is 13.8 Å². The highest BCUT2D eigenvalue weighted by Gasteiger charge is 2.37. The maximum absolute atomic E-state index is 12.7. The van der Waals surface area contributed by atoms with Crippen LogP contribution in [-0.4, -0.2) is 30.9 Å². The zero-order chi connectivity index (χ0) is 19.2. The van der Waals surface area contributed by atoms with E-state index in [1.165, 1.54) is 6.42 Å². The minimum atomic E-state index is -1.10. The molecular weight excluding hydrogens is 326 g/mol. The lowest BCUT2D eigenvalue weighted by Crippen LogP contribution is -2.49. The van der Waals surface area contributed by atoms with E-state index in [0.717, 1.165) is 44.5 Å². The molecular formula is C21H33N3O2. The van der Waals surface area contributed by atoms with E-state index >= 15 is 0 Å². The third-order valence-corrected chi connectivity index (χ3v) is 5.33. The van der Waals surface area contributed by atoms with E-state index in [2.05, 4.69) is 29.4 Å². The molecule has 0 spiro atoms. The average molecular weight is 360 g/mol. The summed E-state index contributed by atoms with van der Waals surface area (Å²) in [4.78, 5) is 27.5. The van der Waals surface area contributed by atoms with Gasteiger partial charge in [0.05, 0.1) is 0 Å². The molecule has 144 valence electrons. The van der Waals surface area contributed by atoms with Crippen LogP contribution in [0.1, 0.15) is 59.8 Å². The highest BCUT2D eigenvalue weighted by molar-refractivity contribution is 6.09. The molecule has 0 aromatic heterocycles. The standard InChI is InChI=1S/C21H33N3O2/c1-5-24(6-2)18-14-12-17(13-15-18)23-20(26)21(3,4)19(25)22-16-10-8-7-9-11-16/h12-16H,5-11H2,1-4H3,(H,22,25)(H,23,26). The maximum atomic E-state index is 12.7. The molecule has 0 saturated heterocycles. The number of anilines is 2. The Bertz CT molecular complexity index is 600. The van der Waals surface area contributed by atoms with Crippen molar-refractivity contribution in [1.29, 1.82) is 0 Å². The quantitative estimate of drug-likeness (QED) is 0.725.